The first-order valence-electron chi connectivity index (χ1n) is 7.31. The maximum Gasteiger partial charge on any atom is 0.263 e. The lowest BCUT2D eigenvalue weighted by molar-refractivity contribution is 0.534. The Balaban J connectivity index is 2.51. The number of hydrogen-bond acceptors (Lipinski definition) is 5. The van der Waals surface area contributed by atoms with Crippen molar-refractivity contribution in [3.63, 3.8) is 0 Å². The third kappa shape index (κ3) is 3.78. The smallest absolute Gasteiger partial charge is 0.263 e. The van der Waals surface area contributed by atoms with Gasteiger partial charge in [-0.3, -0.25) is 9.40 Å². The van der Waals surface area contributed by atoms with Crippen LogP contribution in [-0.4, -0.2) is 32.9 Å². The molecule has 0 aliphatic carbocycles. The first-order chi connectivity index (χ1) is 10.9. The van der Waals surface area contributed by atoms with E-state index >= 15 is 0 Å². The first-order valence-corrected chi connectivity index (χ1v) is 10.7. The van der Waals surface area contributed by atoms with Gasteiger partial charge >= 0.3 is 0 Å². The molecule has 1 N–H and O–H groups in total. The summed E-state index contributed by atoms with van der Waals surface area (Å²) in [4.78, 5) is -0.0578. The van der Waals surface area contributed by atoms with E-state index < -0.39 is 19.9 Å². The number of benzene rings is 1. The van der Waals surface area contributed by atoms with E-state index in [1.165, 1.54) is 19.1 Å². The molecule has 0 aliphatic heterocycles. The normalized spacial score (nSPS) is 12.6. The van der Waals surface area contributed by atoms with Crippen molar-refractivity contribution in [2.45, 2.75) is 43.5 Å². The number of nitrogens with one attached hydrogen (secondary N) is 1. The highest BCUT2D eigenvalue weighted by molar-refractivity contribution is 7.93. The molecule has 0 amide bonds. The molecule has 0 saturated heterocycles. The largest absolute Gasteiger partial charge is 0.268 e. The Kier molecular flexibility index (Phi) is 4.78. The number of aryl methyl sites for hydroxylation is 1. The van der Waals surface area contributed by atoms with Gasteiger partial charge in [-0.1, -0.05) is 0 Å². The molecule has 0 radical (unpaired) electrons. The van der Waals surface area contributed by atoms with Crippen LogP contribution < -0.4 is 4.72 Å². The van der Waals surface area contributed by atoms with Crippen molar-refractivity contribution in [1.29, 1.82) is 0 Å². The van der Waals surface area contributed by atoms with E-state index in [2.05, 4.69) is 9.82 Å². The average Bonchev–Trinajstić information content (AvgIpc) is 2.87. The van der Waals surface area contributed by atoms with Crippen molar-refractivity contribution in [1.82, 2.24) is 9.78 Å². The molecule has 0 aliphatic rings. The lowest BCUT2D eigenvalue weighted by Gasteiger charge is -2.13. The fourth-order valence-electron chi connectivity index (χ4n) is 2.33. The molecule has 0 fully saturated rings. The van der Waals surface area contributed by atoms with E-state index in [-0.39, 0.29) is 27.2 Å². The van der Waals surface area contributed by atoms with Crippen molar-refractivity contribution in [3.05, 3.63) is 35.5 Å². The third-order valence-corrected chi connectivity index (χ3v) is 6.23. The molecule has 0 atom stereocenters. The number of anilines is 1. The summed E-state index contributed by atoms with van der Waals surface area (Å²) in [5, 5.41) is 4.15. The minimum absolute atomic E-state index is 0.00980. The fourth-order valence-corrected chi connectivity index (χ4v) is 4.81. The molecule has 1 heterocycles. The van der Waals surface area contributed by atoms with E-state index in [4.69, 9.17) is 0 Å². The molecule has 7 nitrogen and oxygen atoms in total. The van der Waals surface area contributed by atoms with Gasteiger partial charge < -0.3 is 0 Å². The average molecular weight is 371 g/mol. The Hall–Kier alpha value is -1.87. The molecule has 0 saturated carbocycles. The van der Waals surface area contributed by atoms with Crippen LogP contribution in [0.4, 0.5) is 5.82 Å². The van der Waals surface area contributed by atoms with Crippen LogP contribution >= 0.6 is 0 Å². The topological polar surface area (TPSA) is 98.1 Å². The standard InChI is InChI=1S/C15H21N3O4S2/c1-10(2)18-7-6-15(16-18)17-24(21,22)14-9-11(3)8-13(12(14)4)23(5,19)20/h6-10H,1-5H3,(H,16,17). The second-order valence-electron chi connectivity index (χ2n) is 6.04. The van der Waals surface area contributed by atoms with Gasteiger partial charge in [0.15, 0.2) is 15.7 Å². The second-order valence-corrected chi connectivity index (χ2v) is 9.67. The number of aromatic nitrogens is 2. The summed E-state index contributed by atoms with van der Waals surface area (Å²) in [6.45, 7) is 6.99. The molecule has 0 unspecified atom stereocenters. The zero-order valence-electron chi connectivity index (χ0n) is 14.2. The lowest BCUT2D eigenvalue weighted by Crippen LogP contribution is -2.17. The summed E-state index contributed by atoms with van der Waals surface area (Å²) < 4.78 is 53.2. The van der Waals surface area contributed by atoms with Crippen LogP contribution in [0.15, 0.2) is 34.2 Å². The van der Waals surface area contributed by atoms with Crippen LogP contribution in [0, 0.1) is 13.8 Å². The highest BCUT2D eigenvalue weighted by atomic mass is 32.2. The highest BCUT2D eigenvalue weighted by Crippen LogP contribution is 2.26. The minimum atomic E-state index is -3.95. The summed E-state index contributed by atoms with van der Waals surface area (Å²) in [7, 11) is -7.48. The molecule has 9 heteroatoms. The number of sulfonamides is 1. The van der Waals surface area contributed by atoms with E-state index in [9.17, 15) is 16.8 Å². The molecule has 24 heavy (non-hydrogen) atoms. The molecular formula is C15H21N3O4S2. The van der Waals surface area contributed by atoms with Crippen LogP contribution in [0.2, 0.25) is 0 Å². The van der Waals surface area contributed by atoms with Gasteiger partial charge in [-0.25, -0.2) is 16.8 Å². The zero-order valence-corrected chi connectivity index (χ0v) is 15.9. The van der Waals surface area contributed by atoms with E-state index in [0.717, 1.165) is 6.26 Å². The Morgan fingerprint density at radius 2 is 1.67 bits per heavy atom. The first kappa shape index (κ1) is 18.5. The molecule has 1 aromatic heterocycles. The van der Waals surface area contributed by atoms with Gasteiger partial charge in [0.1, 0.15) is 0 Å². The maximum atomic E-state index is 12.7. The van der Waals surface area contributed by atoms with Gasteiger partial charge in [-0.2, -0.15) is 5.10 Å². The Labute approximate surface area is 142 Å². The fraction of sp³-hybridized carbons (Fsp3) is 0.400. The Bertz CT molecular complexity index is 974. The van der Waals surface area contributed by atoms with Crippen molar-refractivity contribution in [3.8, 4) is 0 Å². The second kappa shape index (κ2) is 6.21. The molecule has 0 spiro atoms. The van der Waals surface area contributed by atoms with Crippen molar-refractivity contribution in [2.75, 3.05) is 11.0 Å². The Morgan fingerprint density at radius 3 is 2.17 bits per heavy atom. The summed E-state index contributed by atoms with van der Waals surface area (Å²) in [6.07, 6.45) is 2.73. The monoisotopic (exact) mass is 371 g/mol. The number of sulfone groups is 1. The van der Waals surface area contributed by atoms with E-state index in [1.54, 1.807) is 23.9 Å². The summed E-state index contributed by atoms with van der Waals surface area (Å²) in [5.41, 5.74) is 0.744. The van der Waals surface area contributed by atoms with Gasteiger partial charge in [-0.05, 0) is 51.0 Å². The molecular weight excluding hydrogens is 350 g/mol. The van der Waals surface area contributed by atoms with Crippen LogP contribution in [-0.2, 0) is 19.9 Å². The maximum absolute atomic E-state index is 12.7. The summed E-state index contributed by atoms with van der Waals surface area (Å²) >= 11 is 0. The van der Waals surface area contributed by atoms with Gasteiger partial charge in [0.25, 0.3) is 10.0 Å². The predicted molar refractivity (Wildman–Crippen MR) is 92.4 cm³/mol. The lowest BCUT2D eigenvalue weighted by atomic mass is 10.2. The van der Waals surface area contributed by atoms with Gasteiger partial charge in [0.05, 0.1) is 9.79 Å². The van der Waals surface area contributed by atoms with Gasteiger partial charge in [0, 0.05) is 24.6 Å². The third-order valence-electron chi connectivity index (χ3n) is 3.52. The number of rotatable bonds is 5. The number of nitrogens with zero attached hydrogens (tertiary/aromatic N) is 2. The van der Waals surface area contributed by atoms with Crippen LogP contribution in [0.1, 0.15) is 31.0 Å². The highest BCUT2D eigenvalue weighted by Gasteiger charge is 2.23. The zero-order chi connectivity index (χ0) is 18.3. The molecule has 2 rings (SSSR count). The van der Waals surface area contributed by atoms with Crippen LogP contribution in [0.5, 0.6) is 0 Å². The van der Waals surface area contributed by atoms with Crippen molar-refractivity contribution >= 4 is 25.7 Å². The SMILES string of the molecule is Cc1cc(S(C)(=O)=O)c(C)c(S(=O)(=O)Nc2ccn(C(C)C)n2)c1. The number of hydrogen-bond donors (Lipinski definition) is 1. The van der Waals surface area contributed by atoms with Gasteiger partial charge in [0.2, 0.25) is 0 Å². The summed E-state index contributed by atoms with van der Waals surface area (Å²) in [6, 6.07) is 4.57. The molecule has 0 bridgehead atoms. The quantitative estimate of drug-likeness (QED) is 0.869. The molecule has 2 aromatic rings. The van der Waals surface area contributed by atoms with Gasteiger partial charge in [-0.15, -0.1) is 0 Å². The van der Waals surface area contributed by atoms with Crippen molar-refractivity contribution < 1.29 is 16.8 Å². The molecule has 132 valence electrons. The Morgan fingerprint density at radius 1 is 1.08 bits per heavy atom. The predicted octanol–water partition coefficient (Wildman–Crippen LogP) is 2.29. The van der Waals surface area contributed by atoms with Crippen LogP contribution in [0.25, 0.3) is 0 Å². The van der Waals surface area contributed by atoms with Crippen LogP contribution in [0.3, 0.4) is 0 Å². The molecule has 1 aromatic carbocycles. The van der Waals surface area contributed by atoms with Crippen molar-refractivity contribution in [2.24, 2.45) is 0 Å². The minimum Gasteiger partial charge on any atom is -0.268 e. The van der Waals surface area contributed by atoms with E-state index in [0.29, 0.717) is 5.56 Å². The summed E-state index contributed by atoms with van der Waals surface area (Å²) in [5.74, 6) is 0.186. The van der Waals surface area contributed by atoms with E-state index in [1.807, 2.05) is 13.8 Å².